The molecule has 0 saturated heterocycles. The largest absolute Gasteiger partial charge is 0.458 e. The summed E-state index contributed by atoms with van der Waals surface area (Å²) in [5, 5.41) is 20.0. The number of hydrogen-bond acceptors (Lipinski definition) is 5. The van der Waals surface area contributed by atoms with Gasteiger partial charge in [0.2, 0.25) is 0 Å². The second-order valence-electron chi connectivity index (χ2n) is 33.2. The van der Waals surface area contributed by atoms with E-state index in [2.05, 4.69) is 371 Å². The fourth-order valence-corrected chi connectivity index (χ4v) is 18.2. The summed E-state index contributed by atoms with van der Waals surface area (Å²) in [6, 6.07) is 122. The molecule has 0 bridgehead atoms. The van der Waals surface area contributed by atoms with Crippen LogP contribution in [0, 0.1) is 11.3 Å². The summed E-state index contributed by atoms with van der Waals surface area (Å²) >= 11 is 0. The molecule has 4 heterocycles. The van der Waals surface area contributed by atoms with Crippen LogP contribution in [0.1, 0.15) is 83.2 Å². The third kappa shape index (κ3) is 11.7. The summed E-state index contributed by atoms with van der Waals surface area (Å²) in [7, 11) is 0. The zero-order valence-corrected chi connectivity index (χ0v) is 64.5. The predicted octanol–water partition coefficient (Wildman–Crippen LogP) is 24.2. The van der Waals surface area contributed by atoms with Gasteiger partial charge in [-0.2, -0.15) is 5.26 Å². The second kappa shape index (κ2) is 26.7. The van der Waals surface area contributed by atoms with Crippen molar-refractivity contribution >= 4 is 89.3 Å². The highest BCUT2D eigenvalue weighted by Gasteiger charge is 2.43. The van der Waals surface area contributed by atoms with Crippen molar-refractivity contribution in [3.8, 4) is 119 Å². The Labute approximate surface area is 661 Å². The molecule has 0 fully saturated rings. The molecule has 0 amide bonds. The Balaban J connectivity index is 0.000000148. The van der Waals surface area contributed by atoms with Crippen molar-refractivity contribution in [2.75, 3.05) is 0 Å². The fourth-order valence-electron chi connectivity index (χ4n) is 18.2. The summed E-state index contributed by atoms with van der Waals surface area (Å²) in [5.41, 5.74) is 25.4. The van der Waals surface area contributed by atoms with E-state index in [-0.39, 0.29) is 29.7 Å². The average Bonchev–Trinajstić information content (AvgIpc) is 0.730. The summed E-state index contributed by atoms with van der Waals surface area (Å²) in [5.74, 6) is 6.77. The van der Waals surface area contributed by atoms with E-state index < -0.39 is 0 Å². The molecule has 7 heteroatoms. The number of nitrogens with zero attached hydrogens (tertiary/aromatic N) is 1. The van der Waals surface area contributed by atoms with Crippen molar-refractivity contribution < 1.29 is 18.9 Å². The SMILES string of the molecule is CC(C)(C)c1ccc2c(c1)Oc1cc(-c3cc(-c4c5ccccc5c(-c5ccccc5)c5ccccc45)cc(C(C)(C)c4ccccc4)c3)cc3c1B2c1ccccc1O3.CC(C)(C)c1ccc2c(c1)Oc1cc(-c3cc(C#N)cc(-c4c5ccccc5c(-c5ccccc5)c5ccccc45)c3)cc3c1B2c1ccccc1O3. The van der Waals surface area contributed by atoms with Gasteiger partial charge < -0.3 is 18.9 Å². The minimum absolute atomic E-state index is 0.00605. The maximum atomic E-state index is 10.4. The van der Waals surface area contributed by atoms with Crippen LogP contribution in [-0.2, 0) is 16.2 Å². The van der Waals surface area contributed by atoms with Gasteiger partial charge in [-0.1, -0.05) is 316 Å². The first-order chi connectivity index (χ1) is 55.0. The van der Waals surface area contributed by atoms with Gasteiger partial charge in [0.05, 0.1) is 11.6 Å². The lowest BCUT2D eigenvalue weighted by atomic mass is 9.34. The van der Waals surface area contributed by atoms with Crippen LogP contribution >= 0.6 is 0 Å². The minimum atomic E-state index is -0.302. The molecule has 0 atom stereocenters. The summed E-state index contributed by atoms with van der Waals surface area (Å²) in [6.07, 6.45) is 0. The molecule has 5 nitrogen and oxygen atoms in total. The van der Waals surface area contributed by atoms with Gasteiger partial charge in [-0.25, -0.2) is 0 Å². The third-order valence-corrected chi connectivity index (χ3v) is 24.0. The number of para-hydroxylation sites is 2. The average molecular weight is 1450 g/mol. The quantitative estimate of drug-likeness (QED) is 0.112. The number of nitriles is 1. The second-order valence-corrected chi connectivity index (χ2v) is 33.2. The van der Waals surface area contributed by atoms with E-state index in [9.17, 15) is 5.26 Å². The molecule has 17 aromatic rings. The molecule has 0 unspecified atom stereocenters. The summed E-state index contributed by atoms with van der Waals surface area (Å²) < 4.78 is 27.4. The maximum Gasteiger partial charge on any atom is 0.260 e. The molecule has 0 aliphatic carbocycles. The standard InChI is InChI=1S/C57H45BO2.C49H34BNO2/c1-56(2,3)41-28-29-48-50(35-41)60-52-34-38(33-51-55(52)58(48)47-26-16-17-27-49(47)59-51)37-30-39(32-42(31-37)57(4,5)40-20-10-7-11-21-40)54-45-24-14-12-22-43(45)53(36-18-8-6-9-19-36)44-23-13-15-25-46(44)54;1-49(2,3)35-21-22-41-43(28-35)53-45-27-33(26-44-48(45)50(41)40-19-11-12-20-42(40)52-44)32-23-30(29-51)24-34(25-32)47-38-17-9-7-15-36(38)46(31-13-5-4-6-14-31)37-16-8-10-18-39(37)47/h6-35H,1-5H3;4-28H,1-3H3. The number of hydrogen-bond donors (Lipinski definition) is 0. The number of rotatable bonds is 8. The van der Waals surface area contributed by atoms with E-state index in [4.69, 9.17) is 18.9 Å². The van der Waals surface area contributed by atoms with E-state index in [0.29, 0.717) is 5.56 Å². The van der Waals surface area contributed by atoms with Crippen molar-refractivity contribution in [2.45, 2.75) is 71.6 Å². The van der Waals surface area contributed by atoms with Gasteiger partial charge in [0.25, 0.3) is 13.4 Å². The van der Waals surface area contributed by atoms with Crippen molar-refractivity contribution in [3.05, 3.63) is 361 Å². The Kier molecular flexibility index (Phi) is 16.3. The smallest absolute Gasteiger partial charge is 0.260 e. The summed E-state index contributed by atoms with van der Waals surface area (Å²) in [6.45, 7) is 18.1. The van der Waals surface area contributed by atoms with E-state index >= 15 is 0 Å². The van der Waals surface area contributed by atoms with Crippen LogP contribution in [0.2, 0.25) is 0 Å². The monoisotopic (exact) mass is 1450 g/mol. The fraction of sp³-hybridized carbons (Fsp3) is 0.104. The minimum Gasteiger partial charge on any atom is -0.458 e. The predicted molar refractivity (Wildman–Crippen MR) is 472 cm³/mol. The third-order valence-electron chi connectivity index (χ3n) is 24.0. The highest BCUT2D eigenvalue weighted by Crippen LogP contribution is 2.50. The van der Waals surface area contributed by atoms with E-state index in [1.165, 1.54) is 98.9 Å². The molecule has 17 aromatic carbocycles. The zero-order chi connectivity index (χ0) is 76.6. The van der Waals surface area contributed by atoms with Crippen LogP contribution in [-0.4, -0.2) is 13.4 Å². The van der Waals surface area contributed by atoms with Crippen LogP contribution < -0.4 is 51.7 Å². The molecular weight excluding hydrogens is 1370 g/mol. The molecule has 0 saturated carbocycles. The zero-order valence-electron chi connectivity index (χ0n) is 64.5. The molecule has 0 aromatic heterocycles. The lowest BCUT2D eigenvalue weighted by Crippen LogP contribution is -2.57. The topological polar surface area (TPSA) is 60.7 Å². The maximum absolute atomic E-state index is 10.4. The van der Waals surface area contributed by atoms with Crippen LogP contribution in [0.5, 0.6) is 46.0 Å². The Bertz CT molecular complexity index is 6710. The van der Waals surface area contributed by atoms with Crippen LogP contribution in [0.15, 0.2) is 334 Å². The molecule has 0 N–H and O–H groups in total. The first-order valence-electron chi connectivity index (χ1n) is 39.3. The van der Waals surface area contributed by atoms with Gasteiger partial charge in [0, 0.05) is 16.3 Å². The van der Waals surface area contributed by atoms with Crippen molar-refractivity contribution in [3.63, 3.8) is 0 Å². The van der Waals surface area contributed by atoms with Gasteiger partial charge in [-0.05, 0) is 238 Å². The van der Waals surface area contributed by atoms with Crippen LogP contribution in [0.3, 0.4) is 0 Å². The number of benzene rings is 17. The highest BCUT2D eigenvalue weighted by molar-refractivity contribution is 6.99. The van der Waals surface area contributed by atoms with E-state index in [1.807, 2.05) is 24.3 Å². The molecule has 4 aliphatic rings. The lowest BCUT2D eigenvalue weighted by Gasteiger charge is -2.34. The summed E-state index contributed by atoms with van der Waals surface area (Å²) in [4.78, 5) is 0. The highest BCUT2D eigenvalue weighted by atomic mass is 16.5. The van der Waals surface area contributed by atoms with Crippen molar-refractivity contribution in [2.24, 2.45) is 0 Å². The molecule has 21 rings (SSSR count). The van der Waals surface area contributed by atoms with Gasteiger partial charge in [-0.15, -0.1) is 0 Å². The van der Waals surface area contributed by atoms with Crippen LogP contribution in [0.4, 0.5) is 0 Å². The Morgan fingerprint density at radius 3 is 0.903 bits per heavy atom. The molecule has 113 heavy (non-hydrogen) atoms. The van der Waals surface area contributed by atoms with Crippen molar-refractivity contribution in [1.82, 2.24) is 0 Å². The Morgan fingerprint density at radius 1 is 0.230 bits per heavy atom. The Hall–Kier alpha value is -13.4. The number of ether oxygens (including phenoxy) is 4. The molecular formula is C106H79B2NO4. The van der Waals surface area contributed by atoms with E-state index in [1.54, 1.807) is 0 Å². The Morgan fingerprint density at radius 2 is 0.522 bits per heavy atom. The van der Waals surface area contributed by atoms with Crippen molar-refractivity contribution in [1.29, 1.82) is 5.26 Å². The normalized spacial score (nSPS) is 12.8. The first kappa shape index (κ1) is 68.8. The van der Waals surface area contributed by atoms with Gasteiger partial charge >= 0.3 is 0 Å². The van der Waals surface area contributed by atoms with Gasteiger partial charge in [0.15, 0.2) is 0 Å². The van der Waals surface area contributed by atoms with Gasteiger partial charge in [-0.3, -0.25) is 0 Å². The molecule has 0 radical (unpaired) electrons. The lowest BCUT2D eigenvalue weighted by molar-refractivity contribution is 0.462. The number of fused-ring (bicyclic) bond motifs is 12. The van der Waals surface area contributed by atoms with Crippen LogP contribution in [0.25, 0.3) is 110 Å². The first-order valence-corrected chi connectivity index (χ1v) is 39.3. The molecule has 4 aliphatic heterocycles. The molecule has 538 valence electrons. The molecule has 0 spiro atoms. The van der Waals surface area contributed by atoms with E-state index in [0.717, 1.165) is 112 Å². The van der Waals surface area contributed by atoms with Gasteiger partial charge in [0.1, 0.15) is 46.0 Å².